The first-order valence-corrected chi connectivity index (χ1v) is 9.49. The minimum atomic E-state index is -0.452. The molecule has 0 heterocycles. The van der Waals surface area contributed by atoms with Gasteiger partial charge in [0.15, 0.2) is 11.5 Å². The molecule has 1 amide bonds. The van der Waals surface area contributed by atoms with Gasteiger partial charge in [0, 0.05) is 6.54 Å². The average Bonchev–Trinajstić information content (AvgIpc) is 2.70. The van der Waals surface area contributed by atoms with Crippen molar-refractivity contribution in [2.45, 2.75) is 26.8 Å². The van der Waals surface area contributed by atoms with Gasteiger partial charge in [-0.1, -0.05) is 48.9 Å². The molecule has 0 radical (unpaired) electrons. The maximum Gasteiger partial charge on any atom is 0.262 e. The van der Waals surface area contributed by atoms with E-state index in [1.165, 1.54) is 6.08 Å². The molecule has 0 saturated carbocycles. The number of rotatable bonds is 9. The highest BCUT2D eigenvalue weighted by Crippen LogP contribution is 2.37. The maximum atomic E-state index is 12.4. The van der Waals surface area contributed by atoms with Crippen LogP contribution in [-0.2, 0) is 11.3 Å². The first-order valence-electron chi connectivity index (χ1n) is 9.12. The van der Waals surface area contributed by atoms with Crippen LogP contribution in [0.5, 0.6) is 11.5 Å². The Morgan fingerprint density at radius 2 is 1.96 bits per heavy atom. The normalized spacial score (nSPS) is 10.9. The second-order valence-electron chi connectivity index (χ2n) is 5.95. The fourth-order valence-electron chi connectivity index (χ4n) is 2.47. The van der Waals surface area contributed by atoms with E-state index in [1.807, 2.05) is 50.2 Å². The number of benzene rings is 2. The molecular weight excluding hydrogens is 376 g/mol. The summed E-state index contributed by atoms with van der Waals surface area (Å²) in [5, 5.41) is 12.5. The largest absolute Gasteiger partial charge is 0.490 e. The number of amides is 1. The van der Waals surface area contributed by atoms with Crippen LogP contribution < -0.4 is 14.8 Å². The van der Waals surface area contributed by atoms with Crippen LogP contribution in [0.4, 0.5) is 0 Å². The number of nitriles is 1. The van der Waals surface area contributed by atoms with Gasteiger partial charge in [0.2, 0.25) is 0 Å². The summed E-state index contributed by atoms with van der Waals surface area (Å²) in [6.45, 7) is 5.15. The Hall–Kier alpha value is -2.97. The fourth-order valence-corrected chi connectivity index (χ4v) is 2.74. The van der Waals surface area contributed by atoms with E-state index in [9.17, 15) is 10.1 Å². The molecule has 0 saturated heterocycles. The van der Waals surface area contributed by atoms with Gasteiger partial charge in [-0.05, 0) is 42.7 Å². The highest BCUT2D eigenvalue weighted by molar-refractivity contribution is 6.32. The first-order chi connectivity index (χ1) is 13.6. The number of nitrogens with zero attached hydrogens (tertiary/aromatic N) is 1. The molecule has 0 aliphatic carbocycles. The SMILES string of the molecule is CCCOc1c(Cl)cc(/C=C(\C#N)C(=O)NCc2ccccc2)cc1OCC. The second-order valence-corrected chi connectivity index (χ2v) is 6.36. The third kappa shape index (κ3) is 6.04. The highest BCUT2D eigenvalue weighted by Gasteiger charge is 2.14. The molecule has 0 aromatic heterocycles. The molecule has 0 aliphatic heterocycles. The molecule has 0 aliphatic rings. The molecule has 0 bridgehead atoms. The molecular formula is C22H23ClN2O3. The van der Waals surface area contributed by atoms with E-state index >= 15 is 0 Å². The predicted octanol–water partition coefficient (Wildman–Crippen LogP) is 4.75. The van der Waals surface area contributed by atoms with Gasteiger partial charge in [-0.2, -0.15) is 5.26 Å². The fraction of sp³-hybridized carbons (Fsp3) is 0.273. The zero-order chi connectivity index (χ0) is 20.4. The maximum absolute atomic E-state index is 12.4. The molecule has 2 aromatic rings. The van der Waals surface area contributed by atoms with Crippen molar-refractivity contribution in [2.24, 2.45) is 0 Å². The Balaban J connectivity index is 2.22. The van der Waals surface area contributed by atoms with E-state index in [0.29, 0.717) is 41.8 Å². The topological polar surface area (TPSA) is 71.3 Å². The predicted molar refractivity (Wildman–Crippen MR) is 110 cm³/mol. The number of hydrogen-bond donors (Lipinski definition) is 1. The van der Waals surface area contributed by atoms with Crippen molar-refractivity contribution in [3.8, 4) is 17.6 Å². The molecule has 146 valence electrons. The van der Waals surface area contributed by atoms with Crippen molar-refractivity contribution >= 4 is 23.6 Å². The molecule has 2 aromatic carbocycles. The van der Waals surface area contributed by atoms with Crippen LogP contribution in [0.3, 0.4) is 0 Å². The van der Waals surface area contributed by atoms with Crippen molar-refractivity contribution in [3.63, 3.8) is 0 Å². The number of carbonyl (C=O) groups excluding carboxylic acids is 1. The summed E-state index contributed by atoms with van der Waals surface area (Å²) in [5.41, 5.74) is 1.52. The zero-order valence-corrected chi connectivity index (χ0v) is 16.8. The van der Waals surface area contributed by atoms with Crippen molar-refractivity contribution in [3.05, 3.63) is 64.2 Å². The molecule has 0 atom stereocenters. The number of carbonyl (C=O) groups is 1. The minimum Gasteiger partial charge on any atom is -0.490 e. The molecule has 0 fully saturated rings. The Bertz CT molecular complexity index is 873. The van der Waals surface area contributed by atoms with Gasteiger partial charge in [0.1, 0.15) is 11.6 Å². The second kappa shape index (κ2) is 11.0. The zero-order valence-electron chi connectivity index (χ0n) is 16.0. The molecule has 5 nitrogen and oxygen atoms in total. The highest BCUT2D eigenvalue weighted by atomic mass is 35.5. The van der Waals surface area contributed by atoms with E-state index in [1.54, 1.807) is 12.1 Å². The van der Waals surface area contributed by atoms with Gasteiger partial charge < -0.3 is 14.8 Å². The minimum absolute atomic E-state index is 0.0170. The number of halogens is 1. The lowest BCUT2D eigenvalue weighted by Gasteiger charge is -2.14. The van der Waals surface area contributed by atoms with E-state index in [0.717, 1.165) is 12.0 Å². The van der Waals surface area contributed by atoms with E-state index < -0.39 is 5.91 Å². The van der Waals surface area contributed by atoms with Crippen LogP contribution in [-0.4, -0.2) is 19.1 Å². The van der Waals surface area contributed by atoms with Crippen LogP contribution >= 0.6 is 11.6 Å². The lowest BCUT2D eigenvalue weighted by molar-refractivity contribution is -0.117. The van der Waals surface area contributed by atoms with Crippen molar-refractivity contribution < 1.29 is 14.3 Å². The van der Waals surface area contributed by atoms with Crippen LogP contribution in [0, 0.1) is 11.3 Å². The number of hydrogen-bond acceptors (Lipinski definition) is 4. The first kappa shape index (κ1) is 21.3. The lowest BCUT2D eigenvalue weighted by atomic mass is 10.1. The van der Waals surface area contributed by atoms with Gasteiger partial charge in [-0.25, -0.2) is 0 Å². The van der Waals surface area contributed by atoms with Gasteiger partial charge >= 0.3 is 0 Å². The summed E-state index contributed by atoms with van der Waals surface area (Å²) >= 11 is 6.34. The van der Waals surface area contributed by atoms with Crippen LogP contribution in [0.1, 0.15) is 31.4 Å². The van der Waals surface area contributed by atoms with Gasteiger partial charge in [-0.15, -0.1) is 0 Å². The average molecular weight is 399 g/mol. The number of nitrogens with one attached hydrogen (secondary N) is 1. The third-order valence-corrected chi connectivity index (χ3v) is 4.03. The van der Waals surface area contributed by atoms with Crippen LogP contribution in [0.25, 0.3) is 6.08 Å². The van der Waals surface area contributed by atoms with Crippen molar-refractivity contribution in [2.75, 3.05) is 13.2 Å². The van der Waals surface area contributed by atoms with E-state index in [4.69, 9.17) is 21.1 Å². The Labute approximate surface area is 170 Å². The molecule has 2 rings (SSSR count). The van der Waals surface area contributed by atoms with Crippen LogP contribution in [0.2, 0.25) is 5.02 Å². The Morgan fingerprint density at radius 3 is 2.61 bits per heavy atom. The smallest absolute Gasteiger partial charge is 0.262 e. The third-order valence-electron chi connectivity index (χ3n) is 3.75. The van der Waals surface area contributed by atoms with E-state index in [-0.39, 0.29) is 5.57 Å². The lowest BCUT2D eigenvalue weighted by Crippen LogP contribution is -2.23. The Morgan fingerprint density at radius 1 is 1.21 bits per heavy atom. The summed E-state index contributed by atoms with van der Waals surface area (Å²) < 4.78 is 11.3. The quantitative estimate of drug-likeness (QED) is 0.488. The van der Waals surface area contributed by atoms with Gasteiger partial charge in [0.25, 0.3) is 5.91 Å². The van der Waals surface area contributed by atoms with Crippen LogP contribution in [0.15, 0.2) is 48.0 Å². The molecule has 6 heteroatoms. The van der Waals surface area contributed by atoms with Gasteiger partial charge in [-0.3, -0.25) is 4.79 Å². The molecule has 28 heavy (non-hydrogen) atoms. The summed E-state index contributed by atoms with van der Waals surface area (Å²) in [6.07, 6.45) is 2.32. The monoisotopic (exact) mass is 398 g/mol. The summed E-state index contributed by atoms with van der Waals surface area (Å²) in [5.74, 6) is 0.498. The summed E-state index contributed by atoms with van der Waals surface area (Å²) in [6, 6.07) is 14.8. The molecule has 0 unspecified atom stereocenters. The number of ether oxygens (including phenoxy) is 2. The molecule has 1 N–H and O–H groups in total. The standard InChI is InChI=1S/C22H23ClN2O3/c1-3-10-28-21-19(23)12-17(13-20(21)27-4-2)11-18(14-24)22(26)25-15-16-8-6-5-7-9-16/h5-9,11-13H,3-4,10,15H2,1-2H3,(H,25,26)/b18-11+. The van der Waals surface area contributed by atoms with Crippen molar-refractivity contribution in [1.29, 1.82) is 5.26 Å². The van der Waals surface area contributed by atoms with Gasteiger partial charge in [0.05, 0.1) is 18.2 Å². The van der Waals surface area contributed by atoms with E-state index in [2.05, 4.69) is 5.32 Å². The van der Waals surface area contributed by atoms with Crippen molar-refractivity contribution in [1.82, 2.24) is 5.32 Å². The summed E-state index contributed by atoms with van der Waals surface area (Å²) in [4.78, 5) is 12.4. The Kier molecular flexibility index (Phi) is 8.38. The molecule has 0 spiro atoms. The summed E-state index contributed by atoms with van der Waals surface area (Å²) in [7, 11) is 0.